The first-order valence-corrected chi connectivity index (χ1v) is 6.30. The van der Waals surface area contributed by atoms with E-state index in [0.29, 0.717) is 12.1 Å². The zero-order chi connectivity index (χ0) is 13.0. The Balaban J connectivity index is 2.24. The van der Waals surface area contributed by atoms with Gasteiger partial charge < -0.3 is 10.2 Å². The summed E-state index contributed by atoms with van der Waals surface area (Å²) in [6.45, 7) is 3.52. The van der Waals surface area contributed by atoms with Crippen molar-refractivity contribution in [1.82, 2.24) is 5.32 Å². The van der Waals surface area contributed by atoms with E-state index in [0.717, 1.165) is 31.6 Å². The molecular formula is C14H18N2O2. The maximum absolute atomic E-state index is 12.0. The van der Waals surface area contributed by atoms with Crippen LogP contribution in [0.5, 0.6) is 0 Å². The van der Waals surface area contributed by atoms with Gasteiger partial charge in [0.05, 0.1) is 6.54 Å². The van der Waals surface area contributed by atoms with Gasteiger partial charge in [0.25, 0.3) is 0 Å². The summed E-state index contributed by atoms with van der Waals surface area (Å²) in [7, 11) is 0. The summed E-state index contributed by atoms with van der Waals surface area (Å²) in [6.07, 6.45) is 2.04. The highest BCUT2D eigenvalue weighted by Gasteiger charge is 2.17. The van der Waals surface area contributed by atoms with Crippen molar-refractivity contribution in [3.05, 3.63) is 29.8 Å². The van der Waals surface area contributed by atoms with Gasteiger partial charge in [-0.1, -0.05) is 12.1 Å². The highest BCUT2D eigenvalue weighted by molar-refractivity contribution is 5.98. The third-order valence-corrected chi connectivity index (χ3v) is 3.13. The van der Waals surface area contributed by atoms with Gasteiger partial charge in [0.1, 0.15) is 0 Å². The number of nitrogens with one attached hydrogen (secondary N) is 1. The van der Waals surface area contributed by atoms with Crippen molar-refractivity contribution in [2.45, 2.75) is 19.8 Å². The molecule has 0 radical (unpaired) electrons. The molecule has 1 aromatic carbocycles. The number of rotatable bonds is 2. The van der Waals surface area contributed by atoms with Gasteiger partial charge in [-0.3, -0.25) is 9.59 Å². The maximum Gasteiger partial charge on any atom is 0.240 e. The van der Waals surface area contributed by atoms with E-state index >= 15 is 0 Å². The number of ketones is 1. The first-order chi connectivity index (χ1) is 8.68. The summed E-state index contributed by atoms with van der Waals surface area (Å²) in [6, 6.07) is 7.28. The Bertz CT molecular complexity index is 457. The maximum atomic E-state index is 12.0. The molecule has 1 saturated heterocycles. The molecule has 1 N–H and O–H groups in total. The van der Waals surface area contributed by atoms with E-state index in [1.165, 1.54) is 6.92 Å². The summed E-state index contributed by atoms with van der Waals surface area (Å²) >= 11 is 0. The second-order valence-corrected chi connectivity index (χ2v) is 4.54. The van der Waals surface area contributed by atoms with Crippen LogP contribution in [-0.2, 0) is 4.79 Å². The third kappa shape index (κ3) is 2.96. The van der Waals surface area contributed by atoms with Crippen LogP contribution in [0.4, 0.5) is 5.69 Å². The van der Waals surface area contributed by atoms with Gasteiger partial charge in [-0.25, -0.2) is 0 Å². The van der Waals surface area contributed by atoms with E-state index in [1.807, 2.05) is 12.1 Å². The van der Waals surface area contributed by atoms with E-state index in [9.17, 15) is 9.59 Å². The van der Waals surface area contributed by atoms with Gasteiger partial charge in [0.15, 0.2) is 5.78 Å². The van der Waals surface area contributed by atoms with E-state index in [1.54, 1.807) is 17.0 Å². The van der Waals surface area contributed by atoms with Gasteiger partial charge in [0, 0.05) is 17.8 Å². The minimum absolute atomic E-state index is 0.0227. The molecule has 1 heterocycles. The molecule has 1 amide bonds. The minimum atomic E-state index is 0.0227. The number of nitrogens with zero attached hydrogens (tertiary/aromatic N) is 1. The molecular weight excluding hydrogens is 228 g/mol. The van der Waals surface area contributed by atoms with Crippen LogP contribution in [0.2, 0.25) is 0 Å². The lowest BCUT2D eigenvalue weighted by molar-refractivity contribution is -0.118. The number of anilines is 1. The minimum Gasteiger partial charge on any atom is -0.311 e. The molecule has 96 valence electrons. The van der Waals surface area contributed by atoms with Crippen LogP contribution in [-0.4, -0.2) is 31.3 Å². The normalized spacial score (nSPS) is 17.2. The number of carbonyl (C=O) groups is 2. The first-order valence-electron chi connectivity index (χ1n) is 6.30. The number of hydrogen-bond acceptors (Lipinski definition) is 3. The monoisotopic (exact) mass is 246 g/mol. The van der Waals surface area contributed by atoms with E-state index in [2.05, 4.69) is 5.32 Å². The zero-order valence-corrected chi connectivity index (χ0v) is 10.6. The van der Waals surface area contributed by atoms with Crippen molar-refractivity contribution in [3.63, 3.8) is 0 Å². The fourth-order valence-electron chi connectivity index (χ4n) is 2.10. The Kier molecular flexibility index (Phi) is 4.10. The predicted molar refractivity (Wildman–Crippen MR) is 70.9 cm³/mol. The molecule has 0 saturated carbocycles. The van der Waals surface area contributed by atoms with Crippen LogP contribution in [0.1, 0.15) is 30.1 Å². The molecule has 0 unspecified atom stereocenters. The molecule has 1 fully saturated rings. The summed E-state index contributed by atoms with van der Waals surface area (Å²) in [5.74, 6) is 0.0878. The van der Waals surface area contributed by atoms with Gasteiger partial charge in [-0.2, -0.15) is 0 Å². The van der Waals surface area contributed by atoms with E-state index in [4.69, 9.17) is 0 Å². The first kappa shape index (κ1) is 12.8. The standard InChI is InChI=1S/C14H18N2O2/c1-11(17)12-5-4-6-13(9-12)16-8-3-2-7-15-10-14(16)18/h4-6,9,15H,2-3,7-8,10H2,1H3. The second-order valence-electron chi connectivity index (χ2n) is 4.54. The molecule has 0 aromatic heterocycles. The predicted octanol–water partition coefficient (Wildman–Crippen LogP) is 1.61. The number of carbonyl (C=O) groups excluding carboxylic acids is 2. The largest absolute Gasteiger partial charge is 0.311 e. The molecule has 1 aromatic rings. The van der Waals surface area contributed by atoms with Crippen LogP contribution < -0.4 is 10.2 Å². The number of benzene rings is 1. The Labute approximate surface area is 107 Å². The zero-order valence-electron chi connectivity index (χ0n) is 10.6. The third-order valence-electron chi connectivity index (χ3n) is 3.13. The lowest BCUT2D eigenvalue weighted by atomic mass is 10.1. The molecule has 1 aliphatic heterocycles. The Hall–Kier alpha value is -1.68. The average molecular weight is 246 g/mol. The van der Waals surface area contributed by atoms with Crippen LogP contribution in [0, 0.1) is 0 Å². The van der Waals surface area contributed by atoms with Gasteiger partial charge in [0.2, 0.25) is 5.91 Å². The summed E-state index contributed by atoms with van der Waals surface area (Å²) < 4.78 is 0. The SMILES string of the molecule is CC(=O)c1cccc(N2CCCCNCC2=O)c1. The number of Topliss-reactive ketones (excluding diaryl/α,β-unsaturated/α-hetero) is 1. The lowest BCUT2D eigenvalue weighted by Gasteiger charge is -2.25. The summed E-state index contributed by atoms with van der Waals surface area (Å²) in [5.41, 5.74) is 1.46. The number of hydrogen-bond donors (Lipinski definition) is 1. The van der Waals surface area contributed by atoms with Crippen molar-refractivity contribution >= 4 is 17.4 Å². The summed E-state index contributed by atoms with van der Waals surface area (Å²) in [5, 5.41) is 3.12. The number of amides is 1. The van der Waals surface area contributed by atoms with Crippen molar-refractivity contribution in [2.24, 2.45) is 0 Å². The summed E-state index contributed by atoms with van der Waals surface area (Å²) in [4.78, 5) is 25.2. The molecule has 18 heavy (non-hydrogen) atoms. The van der Waals surface area contributed by atoms with E-state index in [-0.39, 0.29) is 11.7 Å². The fraction of sp³-hybridized carbons (Fsp3) is 0.429. The Morgan fingerprint density at radius 1 is 1.33 bits per heavy atom. The van der Waals surface area contributed by atoms with Gasteiger partial charge in [-0.15, -0.1) is 0 Å². The molecule has 1 aliphatic rings. The second kappa shape index (κ2) is 5.78. The van der Waals surface area contributed by atoms with Crippen LogP contribution in [0.15, 0.2) is 24.3 Å². The molecule has 0 spiro atoms. The molecule has 4 heteroatoms. The van der Waals surface area contributed by atoms with Gasteiger partial charge in [-0.05, 0) is 38.4 Å². The Morgan fingerprint density at radius 3 is 2.94 bits per heavy atom. The van der Waals surface area contributed by atoms with Gasteiger partial charge >= 0.3 is 0 Å². The van der Waals surface area contributed by atoms with Crippen molar-refractivity contribution < 1.29 is 9.59 Å². The Morgan fingerprint density at radius 2 is 2.17 bits per heavy atom. The average Bonchev–Trinajstić information content (AvgIpc) is 2.34. The molecule has 4 nitrogen and oxygen atoms in total. The fourth-order valence-corrected chi connectivity index (χ4v) is 2.10. The van der Waals surface area contributed by atoms with Crippen LogP contribution >= 0.6 is 0 Å². The van der Waals surface area contributed by atoms with E-state index < -0.39 is 0 Å². The smallest absolute Gasteiger partial charge is 0.240 e. The van der Waals surface area contributed by atoms with Crippen LogP contribution in [0.3, 0.4) is 0 Å². The topological polar surface area (TPSA) is 49.4 Å². The quantitative estimate of drug-likeness (QED) is 0.806. The molecule has 0 aliphatic carbocycles. The molecule has 2 rings (SSSR count). The molecule has 0 atom stereocenters. The lowest BCUT2D eigenvalue weighted by Crippen LogP contribution is -2.41. The van der Waals surface area contributed by atoms with Crippen LogP contribution in [0.25, 0.3) is 0 Å². The highest BCUT2D eigenvalue weighted by Crippen LogP contribution is 2.18. The van der Waals surface area contributed by atoms with Crippen molar-refractivity contribution in [1.29, 1.82) is 0 Å². The molecule has 0 bridgehead atoms. The highest BCUT2D eigenvalue weighted by atomic mass is 16.2. The van der Waals surface area contributed by atoms with Crippen molar-refractivity contribution in [3.8, 4) is 0 Å². The van der Waals surface area contributed by atoms with Crippen molar-refractivity contribution in [2.75, 3.05) is 24.5 Å².